The van der Waals surface area contributed by atoms with Crippen LogP contribution in [0.15, 0.2) is 59.2 Å². The summed E-state index contributed by atoms with van der Waals surface area (Å²) < 4.78 is 25.0. The van der Waals surface area contributed by atoms with Gasteiger partial charge in [0.2, 0.25) is 5.91 Å². The van der Waals surface area contributed by atoms with E-state index in [1.807, 2.05) is 35.2 Å². The average Bonchev–Trinajstić information content (AvgIpc) is 3.22. The highest BCUT2D eigenvalue weighted by molar-refractivity contribution is 5.83. The van der Waals surface area contributed by atoms with Crippen LogP contribution in [-0.2, 0) is 22.4 Å². The number of amides is 1. The molecule has 3 aromatic rings. The molecule has 180 valence electrons. The first kappa shape index (κ1) is 23.1. The number of hydrogen-bond acceptors (Lipinski definition) is 4. The molecule has 6 heteroatoms. The number of ether oxygens (including phenoxy) is 1. The van der Waals surface area contributed by atoms with Crippen molar-refractivity contribution in [2.45, 2.75) is 25.7 Å². The fraction of sp³-hybridized carbons (Fsp3) is 0.464. The fourth-order valence-corrected chi connectivity index (χ4v) is 5.58. The second-order valence-corrected chi connectivity index (χ2v) is 10.0. The van der Waals surface area contributed by atoms with E-state index in [-0.39, 0.29) is 17.6 Å². The van der Waals surface area contributed by atoms with E-state index in [1.54, 1.807) is 6.26 Å². The van der Waals surface area contributed by atoms with Crippen LogP contribution in [0, 0.1) is 17.2 Å². The number of rotatable bonds is 5. The molecule has 0 aliphatic carbocycles. The Kier molecular flexibility index (Phi) is 6.70. The predicted octanol–water partition coefficient (Wildman–Crippen LogP) is 4.54. The van der Waals surface area contributed by atoms with Crippen molar-refractivity contribution in [3.8, 4) is 0 Å². The third-order valence-electron chi connectivity index (χ3n) is 7.57. The Bertz CT molecular complexity index is 1120. The number of carbonyl (C=O) groups is 1. The summed E-state index contributed by atoms with van der Waals surface area (Å²) in [6.07, 6.45) is 4.85. The molecule has 1 atom stereocenters. The van der Waals surface area contributed by atoms with Crippen LogP contribution in [0.5, 0.6) is 0 Å². The topological polar surface area (TPSA) is 45.9 Å². The largest absolute Gasteiger partial charge is 0.464 e. The molecule has 0 bridgehead atoms. The van der Waals surface area contributed by atoms with Gasteiger partial charge in [-0.1, -0.05) is 24.3 Å². The van der Waals surface area contributed by atoms with Gasteiger partial charge in [-0.15, -0.1) is 0 Å². The zero-order valence-corrected chi connectivity index (χ0v) is 19.8. The molecule has 2 fully saturated rings. The van der Waals surface area contributed by atoms with Gasteiger partial charge in [0.05, 0.1) is 24.9 Å². The van der Waals surface area contributed by atoms with E-state index < -0.39 is 5.41 Å². The number of nitrogens with zero attached hydrogens (tertiary/aromatic N) is 2. The zero-order chi connectivity index (χ0) is 23.5. The number of fused-ring (bicyclic) bond motifs is 1. The summed E-state index contributed by atoms with van der Waals surface area (Å²) >= 11 is 0. The van der Waals surface area contributed by atoms with Gasteiger partial charge < -0.3 is 19.0 Å². The summed E-state index contributed by atoms with van der Waals surface area (Å²) in [7, 11) is 2.11. The van der Waals surface area contributed by atoms with E-state index in [1.165, 1.54) is 17.7 Å². The van der Waals surface area contributed by atoms with Crippen molar-refractivity contribution in [1.82, 2.24) is 9.80 Å². The molecule has 2 aromatic carbocycles. The Hall–Kier alpha value is -2.70. The summed E-state index contributed by atoms with van der Waals surface area (Å²) in [6.45, 7) is 4.29. The minimum absolute atomic E-state index is 0.223. The zero-order valence-electron chi connectivity index (χ0n) is 19.8. The van der Waals surface area contributed by atoms with Crippen LogP contribution >= 0.6 is 0 Å². The molecule has 0 radical (unpaired) electrons. The summed E-state index contributed by atoms with van der Waals surface area (Å²) in [5.41, 5.74) is 2.69. The predicted molar refractivity (Wildman–Crippen MR) is 130 cm³/mol. The Morgan fingerprint density at radius 1 is 1.09 bits per heavy atom. The standard InChI is InChI=1S/C28H33FN2O3/c1-30-12-10-28(11-13-30,18-21-5-7-24(29)8-6-21)27(32)31-14-16-33-20-22(19-31)17-23-3-2-4-26-25(23)9-15-34-26/h2-9,15,22H,10-14,16-20H2,1H3/t22-/m0/s1. The molecule has 0 unspecified atom stereocenters. The number of carbonyl (C=O) groups excluding carboxylic acids is 1. The molecule has 0 saturated carbocycles. The molecular weight excluding hydrogens is 431 g/mol. The van der Waals surface area contributed by atoms with Gasteiger partial charge in [0.25, 0.3) is 0 Å². The van der Waals surface area contributed by atoms with Crippen molar-refractivity contribution in [1.29, 1.82) is 0 Å². The van der Waals surface area contributed by atoms with Gasteiger partial charge in [0.1, 0.15) is 11.4 Å². The van der Waals surface area contributed by atoms with Crippen molar-refractivity contribution in [2.75, 3.05) is 46.4 Å². The van der Waals surface area contributed by atoms with Crippen molar-refractivity contribution >= 4 is 16.9 Å². The average molecular weight is 465 g/mol. The Balaban J connectivity index is 1.36. The SMILES string of the molecule is CN1CCC(Cc2ccc(F)cc2)(C(=O)N2CCOC[C@@H](Cc3cccc4occc34)C2)CC1. The first-order valence-electron chi connectivity index (χ1n) is 12.3. The summed E-state index contributed by atoms with van der Waals surface area (Å²) in [5.74, 6) is 0.204. The molecule has 0 spiro atoms. The quantitative estimate of drug-likeness (QED) is 0.556. The minimum atomic E-state index is -0.455. The van der Waals surface area contributed by atoms with Crippen LogP contribution in [0.3, 0.4) is 0 Å². The molecule has 5 rings (SSSR count). The summed E-state index contributed by atoms with van der Waals surface area (Å²) in [4.78, 5) is 18.5. The van der Waals surface area contributed by atoms with E-state index in [9.17, 15) is 9.18 Å². The van der Waals surface area contributed by atoms with Crippen LogP contribution in [-0.4, -0.2) is 62.1 Å². The maximum Gasteiger partial charge on any atom is 0.229 e. The summed E-state index contributed by atoms with van der Waals surface area (Å²) in [5, 5.41) is 1.13. The van der Waals surface area contributed by atoms with Crippen molar-refractivity contribution in [3.05, 3.63) is 71.7 Å². The lowest BCUT2D eigenvalue weighted by Gasteiger charge is -2.42. The van der Waals surface area contributed by atoms with E-state index >= 15 is 0 Å². The monoisotopic (exact) mass is 464 g/mol. The lowest BCUT2D eigenvalue weighted by Crippen LogP contribution is -2.52. The van der Waals surface area contributed by atoms with E-state index in [0.717, 1.165) is 48.9 Å². The lowest BCUT2D eigenvalue weighted by atomic mass is 9.72. The van der Waals surface area contributed by atoms with Crippen LogP contribution in [0.25, 0.3) is 11.0 Å². The Morgan fingerprint density at radius 3 is 2.68 bits per heavy atom. The number of halogens is 1. The minimum Gasteiger partial charge on any atom is -0.464 e. The van der Waals surface area contributed by atoms with Crippen LogP contribution in [0.1, 0.15) is 24.0 Å². The maximum absolute atomic E-state index is 14.1. The molecule has 1 aromatic heterocycles. The van der Waals surface area contributed by atoms with Gasteiger partial charge in [0, 0.05) is 24.4 Å². The number of benzene rings is 2. The van der Waals surface area contributed by atoms with Crippen LogP contribution < -0.4 is 0 Å². The third kappa shape index (κ3) is 4.89. The number of piperidine rings is 1. The van der Waals surface area contributed by atoms with Crippen LogP contribution in [0.4, 0.5) is 4.39 Å². The second-order valence-electron chi connectivity index (χ2n) is 10.0. The van der Waals surface area contributed by atoms with Gasteiger partial charge in [0.15, 0.2) is 0 Å². The highest BCUT2D eigenvalue weighted by Crippen LogP contribution is 2.38. The van der Waals surface area contributed by atoms with Gasteiger partial charge >= 0.3 is 0 Å². The first-order valence-corrected chi connectivity index (χ1v) is 12.3. The molecule has 2 saturated heterocycles. The van der Waals surface area contributed by atoms with E-state index in [2.05, 4.69) is 18.0 Å². The van der Waals surface area contributed by atoms with Crippen molar-refractivity contribution < 1.29 is 18.3 Å². The Morgan fingerprint density at radius 2 is 1.88 bits per heavy atom. The lowest BCUT2D eigenvalue weighted by molar-refractivity contribution is -0.145. The summed E-state index contributed by atoms with van der Waals surface area (Å²) in [6, 6.07) is 14.8. The van der Waals surface area contributed by atoms with Gasteiger partial charge in [-0.25, -0.2) is 4.39 Å². The fourth-order valence-electron chi connectivity index (χ4n) is 5.58. The van der Waals surface area contributed by atoms with Crippen molar-refractivity contribution in [2.24, 2.45) is 11.3 Å². The number of likely N-dealkylation sites (tertiary alicyclic amines) is 1. The third-order valence-corrected chi connectivity index (χ3v) is 7.57. The molecule has 1 amide bonds. The maximum atomic E-state index is 14.1. The Labute approximate surface area is 200 Å². The smallest absolute Gasteiger partial charge is 0.229 e. The molecule has 3 heterocycles. The van der Waals surface area contributed by atoms with E-state index in [4.69, 9.17) is 9.15 Å². The molecular formula is C28H33FN2O3. The molecule has 34 heavy (non-hydrogen) atoms. The second kappa shape index (κ2) is 9.88. The highest BCUT2D eigenvalue weighted by Gasteiger charge is 2.43. The number of furan rings is 1. The molecule has 2 aliphatic rings. The van der Waals surface area contributed by atoms with Crippen LogP contribution in [0.2, 0.25) is 0 Å². The number of hydrogen-bond donors (Lipinski definition) is 0. The van der Waals surface area contributed by atoms with E-state index in [0.29, 0.717) is 32.7 Å². The van der Waals surface area contributed by atoms with Crippen molar-refractivity contribution in [3.63, 3.8) is 0 Å². The van der Waals surface area contributed by atoms with Gasteiger partial charge in [-0.2, -0.15) is 0 Å². The normalized spacial score (nSPS) is 21.5. The molecule has 5 nitrogen and oxygen atoms in total. The van der Waals surface area contributed by atoms with Gasteiger partial charge in [-0.05, 0) is 81.2 Å². The highest BCUT2D eigenvalue weighted by atomic mass is 19.1. The first-order chi connectivity index (χ1) is 16.5. The van der Waals surface area contributed by atoms with Gasteiger partial charge in [-0.3, -0.25) is 4.79 Å². The molecule has 2 aliphatic heterocycles. The molecule has 0 N–H and O–H groups in total.